The van der Waals surface area contributed by atoms with Gasteiger partial charge in [-0.15, -0.1) is 12.6 Å². The summed E-state index contributed by atoms with van der Waals surface area (Å²) in [5, 5.41) is 0. The Labute approximate surface area is 120 Å². The number of rotatable bonds is 4. The van der Waals surface area contributed by atoms with Crippen LogP contribution in [-0.2, 0) is 14.9 Å². The molecule has 0 unspecified atom stereocenters. The Balaban J connectivity index is 2.89. The van der Waals surface area contributed by atoms with Crippen LogP contribution in [0.5, 0.6) is 5.75 Å². The van der Waals surface area contributed by atoms with Crippen LogP contribution >= 0.6 is 12.6 Å². The number of carbonyl (C=O) groups is 1. The lowest BCUT2D eigenvalue weighted by atomic mass is 9.86. The number of ether oxygens (including phenoxy) is 2. The van der Waals surface area contributed by atoms with E-state index in [0.29, 0.717) is 12.4 Å². The standard InChI is InChI=1S/C15H22O3S/c1-6-17-13(16)9-18-14-10(2)7-11(8-12(14)19)15(3,4)5/h7-8,19H,6,9H2,1-5H3. The van der Waals surface area contributed by atoms with Crippen LogP contribution in [0.4, 0.5) is 0 Å². The first-order valence-electron chi connectivity index (χ1n) is 6.38. The maximum absolute atomic E-state index is 11.3. The van der Waals surface area contributed by atoms with Gasteiger partial charge in [-0.05, 0) is 36.5 Å². The van der Waals surface area contributed by atoms with Gasteiger partial charge in [0.05, 0.1) is 6.61 Å². The fraction of sp³-hybridized carbons (Fsp3) is 0.533. The number of hydrogen-bond donors (Lipinski definition) is 1. The molecule has 0 aliphatic heterocycles. The number of benzene rings is 1. The van der Waals surface area contributed by atoms with Crippen LogP contribution in [0, 0.1) is 6.92 Å². The predicted molar refractivity (Wildman–Crippen MR) is 79.3 cm³/mol. The lowest BCUT2D eigenvalue weighted by Crippen LogP contribution is -2.16. The summed E-state index contributed by atoms with van der Waals surface area (Å²) in [4.78, 5) is 12.0. The largest absolute Gasteiger partial charge is 0.480 e. The van der Waals surface area contributed by atoms with Crippen molar-refractivity contribution in [2.45, 2.75) is 44.9 Å². The maximum atomic E-state index is 11.3. The highest BCUT2D eigenvalue weighted by Gasteiger charge is 2.17. The SMILES string of the molecule is CCOC(=O)COc1c(C)cc(C(C)(C)C)cc1S. The van der Waals surface area contributed by atoms with E-state index in [1.165, 1.54) is 5.56 Å². The van der Waals surface area contributed by atoms with E-state index in [9.17, 15) is 4.79 Å². The lowest BCUT2D eigenvalue weighted by molar-refractivity contribution is -0.145. The van der Waals surface area contributed by atoms with Crippen LogP contribution in [0.1, 0.15) is 38.8 Å². The Morgan fingerprint density at radius 1 is 1.32 bits per heavy atom. The van der Waals surface area contributed by atoms with Gasteiger partial charge in [0.1, 0.15) is 5.75 Å². The topological polar surface area (TPSA) is 35.5 Å². The monoisotopic (exact) mass is 282 g/mol. The second-order valence-corrected chi connectivity index (χ2v) is 5.97. The van der Waals surface area contributed by atoms with E-state index in [4.69, 9.17) is 9.47 Å². The van der Waals surface area contributed by atoms with Gasteiger partial charge in [0, 0.05) is 4.90 Å². The van der Waals surface area contributed by atoms with E-state index in [0.717, 1.165) is 10.5 Å². The smallest absolute Gasteiger partial charge is 0.344 e. The summed E-state index contributed by atoms with van der Waals surface area (Å²) in [6.07, 6.45) is 0. The molecule has 4 heteroatoms. The molecule has 0 heterocycles. The van der Waals surface area contributed by atoms with Crippen LogP contribution in [0.2, 0.25) is 0 Å². The van der Waals surface area contributed by atoms with Gasteiger partial charge in [0.15, 0.2) is 6.61 Å². The van der Waals surface area contributed by atoms with Crippen molar-refractivity contribution in [2.24, 2.45) is 0 Å². The van der Waals surface area contributed by atoms with Gasteiger partial charge in [-0.3, -0.25) is 0 Å². The molecule has 1 aromatic carbocycles. The normalized spacial score (nSPS) is 11.3. The van der Waals surface area contributed by atoms with E-state index < -0.39 is 0 Å². The summed E-state index contributed by atoms with van der Waals surface area (Å²) in [6.45, 7) is 10.4. The van der Waals surface area contributed by atoms with Gasteiger partial charge >= 0.3 is 5.97 Å². The molecule has 0 aliphatic carbocycles. The van der Waals surface area contributed by atoms with Gasteiger partial charge in [-0.1, -0.05) is 26.8 Å². The van der Waals surface area contributed by atoms with Gasteiger partial charge in [0.25, 0.3) is 0 Å². The fourth-order valence-corrected chi connectivity index (χ4v) is 2.09. The Morgan fingerprint density at radius 2 is 1.95 bits per heavy atom. The van der Waals surface area contributed by atoms with Crippen molar-refractivity contribution >= 4 is 18.6 Å². The van der Waals surface area contributed by atoms with Crippen molar-refractivity contribution in [1.29, 1.82) is 0 Å². The molecule has 19 heavy (non-hydrogen) atoms. The minimum absolute atomic E-state index is 0.0575. The van der Waals surface area contributed by atoms with E-state index in [-0.39, 0.29) is 18.0 Å². The van der Waals surface area contributed by atoms with Crippen LogP contribution in [0.15, 0.2) is 17.0 Å². The predicted octanol–water partition coefficient (Wildman–Crippen LogP) is 3.52. The van der Waals surface area contributed by atoms with E-state index >= 15 is 0 Å². The Bertz CT molecular complexity index is 438. The summed E-state index contributed by atoms with van der Waals surface area (Å²) in [6, 6.07) is 4.05. The zero-order valence-corrected chi connectivity index (χ0v) is 13.1. The molecule has 0 amide bonds. The summed E-state index contributed by atoms with van der Waals surface area (Å²) in [5.74, 6) is 0.277. The van der Waals surface area contributed by atoms with E-state index in [2.05, 4.69) is 39.5 Å². The first-order chi connectivity index (χ1) is 8.75. The number of carbonyl (C=O) groups excluding carboxylic acids is 1. The van der Waals surface area contributed by atoms with Gasteiger partial charge in [-0.25, -0.2) is 4.79 Å². The molecule has 1 rings (SSSR count). The first kappa shape index (κ1) is 15.9. The van der Waals surface area contributed by atoms with Crippen LogP contribution in [0.3, 0.4) is 0 Å². The average Bonchev–Trinajstić information content (AvgIpc) is 2.26. The van der Waals surface area contributed by atoms with E-state index in [1.807, 2.05) is 13.0 Å². The highest BCUT2D eigenvalue weighted by atomic mass is 32.1. The maximum Gasteiger partial charge on any atom is 0.344 e. The van der Waals surface area contributed by atoms with Gasteiger partial charge in [-0.2, -0.15) is 0 Å². The molecule has 0 N–H and O–H groups in total. The number of aryl methyl sites for hydroxylation is 1. The molecule has 0 bridgehead atoms. The molecule has 0 radical (unpaired) electrons. The van der Waals surface area contributed by atoms with Gasteiger partial charge in [0.2, 0.25) is 0 Å². The van der Waals surface area contributed by atoms with Crippen LogP contribution in [-0.4, -0.2) is 19.2 Å². The minimum atomic E-state index is -0.366. The van der Waals surface area contributed by atoms with Crippen molar-refractivity contribution in [3.8, 4) is 5.75 Å². The first-order valence-corrected chi connectivity index (χ1v) is 6.83. The fourth-order valence-electron chi connectivity index (χ4n) is 1.71. The van der Waals surface area contributed by atoms with Crippen molar-refractivity contribution in [2.75, 3.05) is 13.2 Å². The quantitative estimate of drug-likeness (QED) is 0.678. The summed E-state index contributed by atoms with van der Waals surface area (Å²) < 4.78 is 10.3. The third-order valence-electron chi connectivity index (χ3n) is 2.76. The van der Waals surface area contributed by atoms with Crippen LogP contribution < -0.4 is 4.74 Å². The number of esters is 1. The molecule has 0 fully saturated rings. The molecule has 0 aromatic heterocycles. The number of thiol groups is 1. The number of hydrogen-bond acceptors (Lipinski definition) is 4. The van der Waals surface area contributed by atoms with Crippen molar-refractivity contribution in [3.05, 3.63) is 23.3 Å². The highest BCUT2D eigenvalue weighted by Crippen LogP contribution is 2.33. The lowest BCUT2D eigenvalue weighted by Gasteiger charge is -2.22. The Morgan fingerprint density at radius 3 is 2.42 bits per heavy atom. The highest BCUT2D eigenvalue weighted by molar-refractivity contribution is 7.80. The summed E-state index contributed by atoms with van der Waals surface area (Å²) in [7, 11) is 0. The molecular formula is C15H22O3S. The van der Waals surface area contributed by atoms with Crippen LogP contribution in [0.25, 0.3) is 0 Å². The molecule has 1 aromatic rings. The zero-order valence-electron chi connectivity index (χ0n) is 12.2. The molecule has 0 atom stereocenters. The molecule has 0 aliphatic rings. The summed E-state index contributed by atoms with van der Waals surface area (Å²) >= 11 is 4.45. The second kappa shape index (κ2) is 6.33. The zero-order chi connectivity index (χ0) is 14.6. The molecule has 3 nitrogen and oxygen atoms in total. The Kier molecular flexibility index (Phi) is 5.29. The molecule has 0 spiro atoms. The summed E-state index contributed by atoms with van der Waals surface area (Å²) in [5.41, 5.74) is 2.22. The third-order valence-corrected chi connectivity index (χ3v) is 3.09. The van der Waals surface area contributed by atoms with Crippen molar-refractivity contribution in [3.63, 3.8) is 0 Å². The Hall–Kier alpha value is -1.16. The third kappa shape index (κ3) is 4.46. The van der Waals surface area contributed by atoms with Crippen molar-refractivity contribution < 1.29 is 14.3 Å². The molecule has 106 valence electrons. The molecule has 0 saturated heterocycles. The minimum Gasteiger partial charge on any atom is -0.480 e. The average molecular weight is 282 g/mol. The molecular weight excluding hydrogens is 260 g/mol. The van der Waals surface area contributed by atoms with Crippen molar-refractivity contribution in [1.82, 2.24) is 0 Å². The molecule has 0 saturated carbocycles. The van der Waals surface area contributed by atoms with Gasteiger partial charge < -0.3 is 9.47 Å². The second-order valence-electron chi connectivity index (χ2n) is 5.49. The van der Waals surface area contributed by atoms with E-state index in [1.54, 1.807) is 6.92 Å².